The molecule has 0 aromatic heterocycles. The van der Waals surface area contributed by atoms with Gasteiger partial charge in [-0.15, -0.1) is 0 Å². The summed E-state index contributed by atoms with van der Waals surface area (Å²) in [5.74, 6) is 0.204. The molecule has 0 bridgehead atoms. The van der Waals surface area contributed by atoms with Crippen molar-refractivity contribution < 1.29 is 21.9 Å². The SMILES string of the molecule is CNS(=O)(=O)c1ccc(OCC(F)F)cc1. The highest BCUT2D eigenvalue weighted by molar-refractivity contribution is 7.89. The predicted molar refractivity (Wildman–Crippen MR) is 54.2 cm³/mol. The first-order valence-corrected chi connectivity index (χ1v) is 5.88. The summed E-state index contributed by atoms with van der Waals surface area (Å²) in [6.45, 7) is -0.710. The van der Waals surface area contributed by atoms with Crippen LogP contribution in [0.4, 0.5) is 8.78 Å². The summed E-state index contributed by atoms with van der Waals surface area (Å²) < 4.78 is 53.1. The molecule has 16 heavy (non-hydrogen) atoms. The van der Waals surface area contributed by atoms with E-state index < -0.39 is 23.1 Å². The number of ether oxygens (including phenoxy) is 1. The maximum Gasteiger partial charge on any atom is 0.272 e. The minimum atomic E-state index is -3.50. The average molecular weight is 251 g/mol. The zero-order valence-electron chi connectivity index (χ0n) is 8.48. The monoisotopic (exact) mass is 251 g/mol. The number of hydrogen-bond acceptors (Lipinski definition) is 3. The van der Waals surface area contributed by atoms with Crippen LogP contribution in [0.1, 0.15) is 0 Å². The molecule has 0 saturated heterocycles. The van der Waals surface area contributed by atoms with Crippen molar-refractivity contribution in [3.05, 3.63) is 24.3 Å². The molecule has 0 saturated carbocycles. The third-order valence-corrected chi connectivity index (χ3v) is 3.21. The molecule has 0 fully saturated rings. The van der Waals surface area contributed by atoms with Gasteiger partial charge in [-0.25, -0.2) is 21.9 Å². The van der Waals surface area contributed by atoms with E-state index in [1.165, 1.54) is 31.3 Å². The smallest absolute Gasteiger partial charge is 0.272 e. The molecule has 0 heterocycles. The summed E-state index contributed by atoms with van der Waals surface area (Å²) in [6, 6.07) is 5.22. The van der Waals surface area contributed by atoms with Gasteiger partial charge in [0.1, 0.15) is 12.4 Å². The number of benzene rings is 1. The van der Waals surface area contributed by atoms with Crippen LogP contribution in [0.2, 0.25) is 0 Å². The summed E-state index contributed by atoms with van der Waals surface area (Å²) in [5.41, 5.74) is 0. The first kappa shape index (κ1) is 12.9. The van der Waals surface area contributed by atoms with Crippen LogP contribution in [-0.2, 0) is 10.0 Å². The van der Waals surface area contributed by atoms with E-state index in [0.29, 0.717) is 0 Å². The molecule has 0 unspecified atom stereocenters. The van der Waals surface area contributed by atoms with Crippen LogP contribution in [0.25, 0.3) is 0 Å². The second kappa shape index (κ2) is 5.22. The molecule has 0 atom stereocenters. The molecule has 1 aromatic carbocycles. The zero-order chi connectivity index (χ0) is 12.2. The Kier molecular flexibility index (Phi) is 4.19. The van der Waals surface area contributed by atoms with Crippen LogP contribution in [-0.4, -0.2) is 28.5 Å². The number of alkyl halides is 2. The Balaban J connectivity index is 2.76. The highest BCUT2D eigenvalue weighted by Crippen LogP contribution is 2.16. The quantitative estimate of drug-likeness (QED) is 0.856. The summed E-state index contributed by atoms with van der Waals surface area (Å²) in [5, 5.41) is 0. The number of hydrogen-bond donors (Lipinski definition) is 1. The lowest BCUT2D eigenvalue weighted by molar-refractivity contribution is 0.0819. The third kappa shape index (κ3) is 3.42. The molecular weight excluding hydrogens is 240 g/mol. The second-order valence-electron chi connectivity index (χ2n) is 2.88. The molecule has 7 heteroatoms. The van der Waals surface area contributed by atoms with Crippen molar-refractivity contribution in [3.8, 4) is 5.75 Å². The first-order chi connectivity index (χ1) is 7.45. The van der Waals surface area contributed by atoms with Gasteiger partial charge >= 0.3 is 0 Å². The van der Waals surface area contributed by atoms with Gasteiger partial charge in [-0.3, -0.25) is 0 Å². The topological polar surface area (TPSA) is 55.4 Å². The molecule has 1 rings (SSSR count). The minimum absolute atomic E-state index is 0.0550. The number of nitrogens with one attached hydrogen (secondary N) is 1. The normalized spacial score (nSPS) is 11.8. The number of halogens is 2. The van der Waals surface area contributed by atoms with Gasteiger partial charge in [0.25, 0.3) is 6.43 Å². The average Bonchev–Trinajstić information content (AvgIpc) is 2.27. The molecule has 1 N–H and O–H groups in total. The minimum Gasteiger partial charge on any atom is -0.488 e. The second-order valence-corrected chi connectivity index (χ2v) is 4.77. The lowest BCUT2D eigenvalue weighted by Gasteiger charge is -2.06. The highest BCUT2D eigenvalue weighted by atomic mass is 32.2. The Bertz CT molecular complexity index is 431. The Morgan fingerprint density at radius 1 is 1.31 bits per heavy atom. The van der Waals surface area contributed by atoms with Gasteiger partial charge in [0.05, 0.1) is 4.90 Å². The van der Waals surface area contributed by atoms with E-state index in [2.05, 4.69) is 4.72 Å². The van der Waals surface area contributed by atoms with Crippen LogP contribution >= 0.6 is 0 Å². The van der Waals surface area contributed by atoms with E-state index in [-0.39, 0.29) is 10.6 Å². The predicted octanol–water partition coefficient (Wildman–Crippen LogP) is 1.24. The Hall–Kier alpha value is -1.21. The van der Waals surface area contributed by atoms with Gasteiger partial charge in [-0.05, 0) is 31.3 Å². The largest absolute Gasteiger partial charge is 0.488 e. The molecule has 90 valence electrons. The molecule has 0 aliphatic heterocycles. The van der Waals surface area contributed by atoms with Gasteiger partial charge in [-0.2, -0.15) is 0 Å². The molecular formula is C9H11F2NO3S. The van der Waals surface area contributed by atoms with Crippen molar-refractivity contribution in [2.75, 3.05) is 13.7 Å². The van der Waals surface area contributed by atoms with Crippen molar-refractivity contribution in [3.63, 3.8) is 0 Å². The van der Waals surface area contributed by atoms with Crippen LogP contribution in [0.3, 0.4) is 0 Å². The van der Waals surface area contributed by atoms with Crippen molar-refractivity contribution in [2.24, 2.45) is 0 Å². The van der Waals surface area contributed by atoms with Crippen LogP contribution in [0.5, 0.6) is 5.75 Å². The van der Waals surface area contributed by atoms with Crippen LogP contribution < -0.4 is 9.46 Å². The lowest BCUT2D eigenvalue weighted by Crippen LogP contribution is -2.18. The van der Waals surface area contributed by atoms with Crippen LogP contribution in [0.15, 0.2) is 29.2 Å². The van der Waals surface area contributed by atoms with Crippen molar-refractivity contribution in [1.82, 2.24) is 4.72 Å². The van der Waals surface area contributed by atoms with E-state index >= 15 is 0 Å². The zero-order valence-corrected chi connectivity index (χ0v) is 9.30. The van der Waals surface area contributed by atoms with Gasteiger partial charge in [0.2, 0.25) is 10.0 Å². The molecule has 0 spiro atoms. The molecule has 0 amide bonds. The van der Waals surface area contributed by atoms with Gasteiger partial charge < -0.3 is 4.74 Å². The van der Waals surface area contributed by atoms with Crippen molar-refractivity contribution in [2.45, 2.75) is 11.3 Å². The molecule has 0 radical (unpaired) electrons. The fourth-order valence-corrected chi connectivity index (χ4v) is 1.72. The standard InChI is InChI=1S/C9H11F2NO3S/c1-12-16(13,14)8-4-2-7(3-5-8)15-6-9(10)11/h2-5,9,12H,6H2,1H3. The molecule has 0 aliphatic carbocycles. The van der Waals surface area contributed by atoms with E-state index in [0.717, 1.165) is 0 Å². The molecule has 1 aromatic rings. The maximum absolute atomic E-state index is 11.8. The lowest BCUT2D eigenvalue weighted by atomic mass is 10.3. The fourth-order valence-electron chi connectivity index (χ4n) is 0.992. The third-order valence-electron chi connectivity index (χ3n) is 1.78. The Labute approximate surface area is 92.3 Å². The fraction of sp³-hybridized carbons (Fsp3) is 0.333. The number of rotatable bonds is 5. The summed E-state index contributed by atoms with van der Waals surface area (Å²) in [7, 11) is -2.21. The Morgan fingerprint density at radius 3 is 2.31 bits per heavy atom. The molecule has 0 aliphatic rings. The highest BCUT2D eigenvalue weighted by Gasteiger charge is 2.11. The van der Waals surface area contributed by atoms with Crippen molar-refractivity contribution >= 4 is 10.0 Å². The van der Waals surface area contributed by atoms with E-state index in [4.69, 9.17) is 4.74 Å². The van der Waals surface area contributed by atoms with E-state index in [1.54, 1.807) is 0 Å². The van der Waals surface area contributed by atoms with E-state index in [9.17, 15) is 17.2 Å². The summed E-state index contributed by atoms with van der Waals surface area (Å²) in [4.78, 5) is 0.0550. The van der Waals surface area contributed by atoms with Crippen molar-refractivity contribution in [1.29, 1.82) is 0 Å². The van der Waals surface area contributed by atoms with E-state index in [1.807, 2.05) is 0 Å². The first-order valence-electron chi connectivity index (χ1n) is 4.40. The van der Waals surface area contributed by atoms with Gasteiger partial charge in [-0.1, -0.05) is 0 Å². The number of sulfonamides is 1. The van der Waals surface area contributed by atoms with Gasteiger partial charge in [0.15, 0.2) is 0 Å². The summed E-state index contributed by atoms with van der Waals surface area (Å²) >= 11 is 0. The van der Waals surface area contributed by atoms with Gasteiger partial charge in [0, 0.05) is 0 Å². The Morgan fingerprint density at radius 2 is 1.88 bits per heavy atom. The maximum atomic E-state index is 11.8. The summed E-state index contributed by atoms with van der Waals surface area (Å²) in [6.07, 6.45) is -2.55. The molecule has 4 nitrogen and oxygen atoms in total. The van der Waals surface area contributed by atoms with Crippen LogP contribution in [0, 0.1) is 0 Å².